The lowest BCUT2D eigenvalue weighted by Crippen LogP contribution is -2.26. The second kappa shape index (κ2) is 8.86. The van der Waals surface area contributed by atoms with E-state index in [0.29, 0.717) is 35.4 Å². The van der Waals surface area contributed by atoms with E-state index in [9.17, 15) is 14.9 Å². The number of nitro groups is 1. The number of hydrogen-bond acceptors (Lipinski definition) is 6. The second-order valence-electron chi connectivity index (χ2n) is 5.41. The van der Waals surface area contributed by atoms with Crippen molar-refractivity contribution in [2.45, 2.75) is 32.9 Å². The van der Waals surface area contributed by atoms with Crippen LogP contribution in [0, 0.1) is 17.0 Å². The monoisotopic (exact) mass is 404 g/mol. The van der Waals surface area contributed by atoms with E-state index in [-0.39, 0.29) is 30.4 Å². The van der Waals surface area contributed by atoms with E-state index >= 15 is 0 Å². The highest BCUT2D eigenvalue weighted by atomic mass is 35.5. The zero-order chi connectivity index (χ0) is 19.3. The maximum absolute atomic E-state index is 11.9. The Balaban J connectivity index is 1.74. The van der Waals surface area contributed by atoms with Gasteiger partial charge in [-0.1, -0.05) is 23.2 Å². The summed E-state index contributed by atoms with van der Waals surface area (Å²) in [6.07, 6.45) is 2.00. The standard InChI is InChI=1S/C14H18Cl2N6O4/c1-9-12(15)13(16)21(18-9)6-3-5-17-11(23)4-7-20-8-10(22(24)25)14(19-20)26-2/h8H,3-7H2,1-2H3,(H,17,23). The number of amides is 1. The van der Waals surface area contributed by atoms with Crippen LogP contribution in [0.4, 0.5) is 5.69 Å². The van der Waals surface area contributed by atoms with Gasteiger partial charge in [0, 0.05) is 19.5 Å². The summed E-state index contributed by atoms with van der Waals surface area (Å²) in [5, 5.41) is 22.5. The summed E-state index contributed by atoms with van der Waals surface area (Å²) in [6.45, 7) is 2.93. The second-order valence-corrected chi connectivity index (χ2v) is 6.15. The molecule has 1 amide bonds. The molecule has 2 heterocycles. The van der Waals surface area contributed by atoms with Gasteiger partial charge >= 0.3 is 11.6 Å². The molecular weight excluding hydrogens is 387 g/mol. The number of ether oxygens (including phenoxy) is 1. The van der Waals surface area contributed by atoms with Crippen LogP contribution < -0.4 is 10.1 Å². The topological polar surface area (TPSA) is 117 Å². The number of nitrogens with one attached hydrogen (secondary N) is 1. The van der Waals surface area contributed by atoms with E-state index < -0.39 is 4.92 Å². The van der Waals surface area contributed by atoms with Crippen LogP contribution in [0.5, 0.6) is 5.88 Å². The summed E-state index contributed by atoms with van der Waals surface area (Å²) in [4.78, 5) is 22.1. The van der Waals surface area contributed by atoms with Gasteiger partial charge in [-0.2, -0.15) is 5.10 Å². The fraction of sp³-hybridized carbons (Fsp3) is 0.500. The maximum Gasteiger partial charge on any atom is 0.350 e. The third-order valence-electron chi connectivity index (χ3n) is 3.53. The maximum atomic E-state index is 11.9. The summed E-state index contributed by atoms with van der Waals surface area (Å²) in [7, 11) is 1.30. The predicted molar refractivity (Wildman–Crippen MR) is 94.7 cm³/mol. The summed E-state index contributed by atoms with van der Waals surface area (Å²) < 4.78 is 7.73. The number of methoxy groups -OCH3 is 1. The van der Waals surface area contributed by atoms with Crippen molar-refractivity contribution >= 4 is 34.8 Å². The molecule has 0 unspecified atom stereocenters. The van der Waals surface area contributed by atoms with Crippen molar-refractivity contribution in [2.24, 2.45) is 0 Å². The normalized spacial score (nSPS) is 10.8. The lowest BCUT2D eigenvalue weighted by atomic mass is 10.3. The van der Waals surface area contributed by atoms with Crippen molar-refractivity contribution in [2.75, 3.05) is 13.7 Å². The fourth-order valence-electron chi connectivity index (χ4n) is 2.22. The van der Waals surface area contributed by atoms with Crippen molar-refractivity contribution < 1.29 is 14.5 Å². The van der Waals surface area contributed by atoms with Gasteiger partial charge < -0.3 is 10.1 Å². The lowest BCUT2D eigenvalue weighted by Gasteiger charge is -2.06. The van der Waals surface area contributed by atoms with Gasteiger partial charge in [0.25, 0.3) is 0 Å². The molecule has 0 aromatic carbocycles. The van der Waals surface area contributed by atoms with Crippen LogP contribution in [0.1, 0.15) is 18.5 Å². The molecular formula is C14H18Cl2N6O4. The average molecular weight is 405 g/mol. The summed E-state index contributed by atoms with van der Waals surface area (Å²) in [5.41, 5.74) is 0.419. The zero-order valence-corrected chi connectivity index (χ0v) is 15.7. The van der Waals surface area contributed by atoms with Crippen molar-refractivity contribution in [1.29, 1.82) is 0 Å². The van der Waals surface area contributed by atoms with Gasteiger partial charge in [-0.05, 0) is 13.3 Å². The molecule has 2 aromatic heterocycles. The molecule has 0 saturated heterocycles. The molecule has 0 aliphatic rings. The molecule has 142 valence electrons. The number of carbonyl (C=O) groups excluding carboxylic acids is 1. The highest BCUT2D eigenvalue weighted by molar-refractivity contribution is 6.41. The number of hydrogen-bond donors (Lipinski definition) is 1. The molecule has 26 heavy (non-hydrogen) atoms. The van der Waals surface area contributed by atoms with Crippen molar-refractivity contribution in [3.63, 3.8) is 0 Å². The van der Waals surface area contributed by atoms with Crippen LogP contribution in [0.25, 0.3) is 0 Å². The third kappa shape index (κ3) is 4.85. The molecule has 2 aromatic rings. The van der Waals surface area contributed by atoms with Crippen LogP contribution in [0.3, 0.4) is 0 Å². The Morgan fingerprint density at radius 3 is 2.65 bits per heavy atom. The highest BCUT2D eigenvalue weighted by Gasteiger charge is 2.20. The molecule has 0 spiro atoms. The van der Waals surface area contributed by atoms with Gasteiger partial charge in [0.1, 0.15) is 16.4 Å². The molecule has 0 radical (unpaired) electrons. The average Bonchev–Trinajstić information content (AvgIpc) is 3.14. The first-order chi connectivity index (χ1) is 12.3. The quantitative estimate of drug-likeness (QED) is 0.388. The minimum atomic E-state index is -0.587. The SMILES string of the molecule is COc1nn(CCC(=O)NCCCn2nc(C)c(Cl)c2Cl)cc1[N+](=O)[O-]. The van der Waals surface area contributed by atoms with Crippen molar-refractivity contribution in [3.8, 4) is 5.88 Å². The van der Waals surface area contributed by atoms with Crippen LogP contribution in [-0.4, -0.2) is 44.0 Å². The smallest absolute Gasteiger partial charge is 0.350 e. The van der Waals surface area contributed by atoms with Gasteiger partial charge in [0.2, 0.25) is 5.91 Å². The van der Waals surface area contributed by atoms with E-state index in [1.54, 1.807) is 11.6 Å². The molecule has 12 heteroatoms. The molecule has 0 aliphatic heterocycles. The summed E-state index contributed by atoms with van der Waals surface area (Å²) in [6, 6.07) is 0. The number of aryl methyl sites for hydroxylation is 3. The first kappa shape index (κ1) is 20.0. The number of rotatable bonds is 9. The Morgan fingerprint density at radius 1 is 1.38 bits per heavy atom. The number of aromatic nitrogens is 4. The van der Waals surface area contributed by atoms with Gasteiger partial charge in [-0.3, -0.25) is 24.3 Å². The van der Waals surface area contributed by atoms with E-state index in [1.165, 1.54) is 18.0 Å². The van der Waals surface area contributed by atoms with Gasteiger partial charge in [-0.15, -0.1) is 5.10 Å². The van der Waals surface area contributed by atoms with Crippen LogP contribution in [-0.2, 0) is 17.9 Å². The molecule has 0 atom stereocenters. The Morgan fingerprint density at radius 2 is 2.12 bits per heavy atom. The molecule has 0 fully saturated rings. The van der Waals surface area contributed by atoms with Gasteiger partial charge in [0.15, 0.2) is 0 Å². The lowest BCUT2D eigenvalue weighted by molar-refractivity contribution is -0.385. The van der Waals surface area contributed by atoms with Crippen molar-refractivity contribution in [3.05, 3.63) is 32.2 Å². The predicted octanol–water partition coefficient (Wildman–Crippen LogP) is 2.21. The minimum absolute atomic E-state index is 0.0829. The largest absolute Gasteiger partial charge is 0.475 e. The molecule has 2 rings (SSSR count). The molecule has 0 bridgehead atoms. The highest BCUT2D eigenvalue weighted by Crippen LogP contribution is 2.25. The first-order valence-corrected chi connectivity index (χ1v) is 8.50. The minimum Gasteiger partial charge on any atom is -0.475 e. The van der Waals surface area contributed by atoms with Crippen LogP contribution in [0.2, 0.25) is 10.2 Å². The summed E-state index contributed by atoms with van der Waals surface area (Å²) >= 11 is 12.0. The Hall–Kier alpha value is -2.33. The number of halogens is 2. The zero-order valence-electron chi connectivity index (χ0n) is 14.2. The van der Waals surface area contributed by atoms with Crippen LogP contribution in [0.15, 0.2) is 6.20 Å². The molecule has 0 aliphatic carbocycles. The fourth-order valence-corrected chi connectivity index (χ4v) is 2.61. The van der Waals surface area contributed by atoms with E-state index in [2.05, 4.69) is 15.5 Å². The molecule has 10 nitrogen and oxygen atoms in total. The summed E-state index contributed by atoms with van der Waals surface area (Å²) in [5.74, 6) is -0.275. The van der Waals surface area contributed by atoms with Gasteiger partial charge in [-0.25, -0.2) is 0 Å². The Bertz CT molecular complexity index is 804. The van der Waals surface area contributed by atoms with Crippen LogP contribution >= 0.6 is 23.2 Å². The van der Waals surface area contributed by atoms with E-state index in [0.717, 1.165) is 0 Å². The Labute approximate surface area is 159 Å². The first-order valence-electron chi connectivity index (χ1n) is 7.74. The number of nitrogens with zero attached hydrogens (tertiary/aromatic N) is 5. The Kier molecular flexibility index (Phi) is 6.81. The number of carbonyl (C=O) groups is 1. The molecule has 0 saturated carbocycles. The third-order valence-corrected chi connectivity index (χ3v) is 4.47. The van der Waals surface area contributed by atoms with E-state index in [4.69, 9.17) is 27.9 Å². The van der Waals surface area contributed by atoms with E-state index in [1.807, 2.05) is 0 Å². The van der Waals surface area contributed by atoms with Gasteiger partial charge in [0.05, 0.1) is 24.3 Å². The van der Waals surface area contributed by atoms with Crippen molar-refractivity contribution in [1.82, 2.24) is 24.9 Å². The molecule has 1 N–H and O–H groups in total.